The van der Waals surface area contributed by atoms with Gasteiger partial charge < -0.3 is 10.6 Å². The molecule has 0 bridgehead atoms. The van der Waals surface area contributed by atoms with E-state index in [1.54, 1.807) is 6.20 Å². The Bertz CT molecular complexity index is 694. The Hall–Kier alpha value is -2.44. The van der Waals surface area contributed by atoms with Crippen molar-refractivity contribution in [3.63, 3.8) is 0 Å². The molecule has 25 heavy (non-hydrogen) atoms. The molecule has 1 saturated carbocycles. The van der Waals surface area contributed by atoms with E-state index in [1.165, 1.54) is 18.2 Å². The van der Waals surface area contributed by atoms with E-state index in [1.807, 2.05) is 23.9 Å². The molecule has 0 amide bonds. The fourth-order valence-corrected chi connectivity index (χ4v) is 2.89. The number of halogens is 2. The maximum Gasteiger partial charge on any atom is 0.191 e. The van der Waals surface area contributed by atoms with Crippen LogP contribution < -0.4 is 10.6 Å². The van der Waals surface area contributed by atoms with Gasteiger partial charge in [-0.1, -0.05) is 6.07 Å². The number of benzene rings is 1. The first-order valence-electron chi connectivity index (χ1n) is 8.65. The fraction of sp³-hybridized carbons (Fsp3) is 0.444. The van der Waals surface area contributed by atoms with Gasteiger partial charge in [-0.2, -0.15) is 5.10 Å². The summed E-state index contributed by atoms with van der Waals surface area (Å²) in [5, 5.41) is 10.6. The standard InChI is InChI=1S/C18H23F2N5/c1-2-21-18(22-8-4-10-25-11-5-9-23-25)24-16-12-13(16)17-14(19)6-3-7-15(17)20/h3,5-7,9,11,13,16H,2,4,8,10,12H2,1H3,(H2,21,22,24). The predicted octanol–water partition coefficient (Wildman–Crippen LogP) is 2.66. The summed E-state index contributed by atoms with van der Waals surface area (Å²) in [6.45, 7) is 4.18. The van der Waals surface area contributed by atoms with Crippen LogP contribution in [0.1, 0.15) is 31.2 Å². The summed E-state index contributed by atoms with van der Waals surface area (Å²) in [7, 11) is 0. The lowest BCUT2D eigenvalue weighted by molar-refractivity contribution is 0.553. The molecule has 2 atom stereocenters. The summed E-state index contributed by atoms with van der Waals surface area (Å²) in [6.07, 6.45) is 5.25. The summed E-state index contributed by atoms with van der Waals surface area (Å²) in [5.74, 6) is -0.410. The Kier molecular flexibility index (Phi) is 5.63. The van der Waals surface area contributed by atoms with E-state index in [4.69, 9.17) is 0 Å². The van der Waals surface area contributed by atoms with Gasteiger partial charge in [-0.3, -0.25) is 9.67 Å². The number of aryl methyl sites for hydroxylation is 1. The molecule has 2 aromatic rings. The van der Waals surface area contributed by atoms with Crippen LogP contribution in [0.4, 0.5) is 8.78 Å². The average Bonchev–Trinajstić information content (AvgIpc) is 3.12. The monoisotopic (exact) mass is 347 g/mol. The second-order valence-corrected chi connectivity index (χ2v) is 6.11. The number of nitrogens with zero attached hydrogens (tertiary/aromatic N) is 3. The molecule has 0 saturated heterocycles. The summed E-state index contributed by atoms with van der Waals surface area (Å²) in [6, 6.07) is 5.91. The van der Waals surface area contributed by atoms with Gasteiger partial charge in [0.25, 0.3) is 0 Å². The predicted molar refractivity (Wildman–Crippen MR) is 93.5 cm³/mol. The number of aliphatic imine (C=N–C) groups is 1. The number of nitrogens with one attached hydrogen (secondary N) is 2. The zero-order chi connectivity index (χ0) is 17.6. The first-order chi connectivity index (χ1) is 12.2. The molecular formula is C18H23F2N5. The first kappa shape index (κ1) is 17.4. The van der Waals surface area contributed by atoms with Crippen molar-refractivity contribution in [1.82, 2.24) is 20.4 Å². The van der Waals surface area contributed by atoms with Crippen LogP contribution in [0.25, 0.3) is 0 Å². The number of hydrogen-bond donors (Lipinski definition) is 2. The second kappa shape index (κ2) is 8.09. The Morgan fingerprint density at radius 3 is 2.80 bits per heavy atom. The van der Waals surface area contributed by atoms with E-state index in [9.17, 15) is 8.78 Å². The maximum absolute atomic E-state index is 13.9. The quantitative estimate of drug-likeness (QED) is 0.460. The third kappa shape index (κ3) is 4.55. The van der Waals surface area contributed by atoms with E-state index >= 15 is 0 Å². The minimum absolute atomic E-state index is 0.00955. The maximum atomic E-state index is 13.9. The summed E-state index contributed by atoms with van der Waals surface area (Å²) < 4.78 is 29.6. The van der Waals surface area contributed by atoms with Crippen molar-refractivity contribution in [2.45, 2.75) is 38.3 Å². The molecule has 2 N–H and O–H groups in total. The SMILES string of the molecule is CCNC(=NCCCn1cccn1)NC1CC1c1c(F)cccc1F. The summed E-state index contributed by atoms with van der Waals surface area (Å²) >= 11 is 0. The molecule has 1 fully saturated rings. The molecule has 0 spiro atoms. The normalized spacial score (nSPS) is 19.7. The highest BCUT2D eigenvalue weighted by atomic mass is 19.1. The molecule has 1 aromatic heterocycles. The Balaban J connectivity index is 1.53. The lowest BCUT2D eigenvalue weighted by Crippen LogP contribution is -2.39. The van der Waals surface area contributed by atoms with E-state index < -0.39 is 11.6 Å². The van der Waals surface area contributed by atoms with Crippen molar-refractivity contribution < 1.29 is 8.78 Å². The molecule has 0 aliphatic heterocycles. The topological polar surface area (TPSA) is 54.2 Å². The molecule has 1 aromatic carbocycles. The largest absolute Gasteiger partial charge is 0.357 e. The highest BCUT2D eigenvalue weighted by molar-refractivity contribution is 5.80. The molecule has 2 unspecified atom stereocenters. The number of guanidine groups is 1. The van der Waals surface area contributed by atoms with Crippen LogP contribution in [-0.2, 0) is 6.54 Å². The minimum atomic E-state index is -0.476. The van der Waals surface area contributed by atoms with Crippen LogP contribution >= 0.6 is 0 Å². The summed E-state index contributed by atoms with van der Waals surface area (Å²) in [5.41, 5.74) is 0.175. The molecule has 134 valence electrons. The number of aromatic nitrogens is 2. The lowest BCUT2D eigenvalue weighted by Gasteiger charge is -2.12. The van der Waals surface area contributed by atoms with Crippen molar-refractivity contribution in [3.05, 3.63) is 53.9 Å². The lowest BCUT2D eigenvalue weighted by atomic mass is 10.1. The number of hydrogen-bond acceptors (Lipinski definition) is 2. The average molecular weight is 347 g/mol. The molecular weight excluding hydrogens is 324 g/mol. The molecule has 1 heterocycles. The van der Waals surface area contributed by atoms with Crippen molar-refractivity contribution >= 4 is 5.96 Å². The van der Waals surface area contributed by atoms with Gasteiger partial charge in [0, 0.05) is 49.6 Å². The minimum Gasteiger partial charge on any atom is -0.357 e. The zero-order valence-electron chi connectivity index (χ0n) is 14.3. The van der Waals surface area contributed by atoms with Crippen molar-refractivity contribution in [2.75, 3.05) is 13.1 Å². The van der Waals surface area contributed by atoms with Crippen molar-refractivity contribution in [2.24, 2.45) is 4.99 Å². The van der Waals surface area contributed by atoms with Gasteiger partial charge in [-0.25, -0.2) is 8.78 Å². The van der Waals surface area contributed by atoms with Crippen LogP contribution in [0.15, 0.2) is 41.7 Å². The molecule has 3 rings (SSSR count). The molecule has 0 radical (unpaired) electrons. The van der Waals surface area contributed by atoms with Gasteiger partial charge in [-0.05, 0) is 38.0 Å². The van der Waals surface area contributed by atoms with E-state index in [0.717, 1.165) is 19.5 Å². The van der Waals surface area contributed by atoms with Gasteiger partial charge in [-0.15, -0.1) is 0 Å². The zero-order valence-corrected chi connectivity index (χ0v) is 14.3. The first-order valence-corrected chi connectivity index (χ1v) is 8.65. The van der Waals surface area contributed by atoms with Crippen molar-refractivity contribution in [1.29, 1.82) is 0 Å². The highest BCUT2D eigenvalue weighted by Gasteiger charge is 2.42. The van der Waals surface area contributed by atoms with Crippen LogP contribution in [0.5, 0.6) is 0 Å². The second-order valence-electron chi connectivity index (χ2n) is 6.11. The Morgan fingerprint density at radius 1 is 1.32 bits per heavy atom. The van der Waals surface area contributed by atoms with Crippen LogP contribution in [0.3, 0.4) is 0 Å². The van der Waals surface area contributed by atoms with Gasteiger partial charge >= 0.3 is 0 Å². The third-order valence-electron chi connectivity index (χ3n) is 4.20. The molecule has 5 nitrogen and oxygen atoms in total. The smallest absolute Gasteiger partial charge is 0.191 e. The van der Waals surface area contributed by atoms with E-state index in [-0.39, 0.29) is 17.5 Å². The van der Waals surface area contributed by atoms with E-state index in [2.05, 4.69) is 20.7 Å². The molecule has 1 aliphatic rings. The van der Waals surface area contributed by atoms with Crippen LogP contribution in [0.2, 0.25) is 0 Å². The Morgan fingerprint density at radius 2 is 2.12 bits per heavy atom. The van der Waals surface area contributed by atoms with Gasteiger partial charge in [0.05, 0.1) is 0 Å². The molecule has 1 aliphatic carbocycles. The van der Waals surface area contributed by atoms with E-state index in [0.29, 0.717) is 18.9 Å². The van der Waals surface area contributed by atoms with Crippen LogP contribution in [0, 0.1) is 11.6 Å². The molecule has 7 heteroatoms. The van der Waals surface area contributed by atoms with Crippen LogP contribution in [-0.4, -0.2) is 34.9 Å². The number of rotatable bonds is 7. The third-order valence-corrected chi connectivity index (χ3v) is 4.20. The van der Waals surface area contributed by atoms with Crippen molar-refractivity contribution in [3.8, 4) is 0 Å². The van der Waals surface area contributed by atoms with Gasteiger partial charge in [0.15, 0.2) is 5.96 Å². The highest BCUT2D eigenvalue weighted by Crippen LogP contribution is 2.42. The van der Waals surface area contributed by atoms with Gasteiger partial charge in [0.1, 0.15) is 11.6 Å². The van der Waals surface area contributed by atoms with Gasteiger partial charge in [0.2, 0.25) is 0 Å². The summed E-state index contributed by atoms with van der Waals surface area (Å²) in [4.78, 5) is 4.53. The fourth-order valence-electron chi connectivity index (χ4n) is 2.89. The Labute approximate surface area is 146 Å².